The lowest BCUT2D eigenvalue weighted by atomic mass is 10.00. The van der Waals surface area contributed by atoms with E-state index in [9.17, 15) is 0 Å². The summed E-state index contributed by atoms with van der Waals surface area (Å²) in [6.07, 6.45) is 0. The van der Waals surface area contributed by atoms with E-state index in [1.807, 2.05) is 24.3 Å². The molecule has 0 aromatic heterocycles. The molecule has 0 aliphatic rings. The van der Waals surface area contributed by atoms with Crippen LogP contribution in [0.4, 0.5) is 0 Å². The van der Waals surface area contributed by atoms with Crippen LogP contribution in [0.2, 0.25) is 0 Å². The molecule has 0 heterocycles. The second kappa shape index (κ2) is 6.50. The van der Waals surface area contributed by atoms with Gasteiger partial charge in [-0.15, -0.1) is 0 Å². The molecule has 2 rings (SSSR count). The predicted octanol–water partition coefficient (Wildman–Crippen LogP) is 3.21. The zero-order valence-electron chi connectivity index (χ0n) is 11.7. The minimum atomic E-state index is 0.0370. The van der Waals surface area contributed by atoms with Crippen molar-refractivity contribution in [2.45, 2.75) is 25.6 Å². The minimum absolute atomic E-state index is 0.0370. The van der Waals surface area contributed by atoms with Gasteiger partial charge in [0, 0.05) is 18.6 Å². The molecule has 0 bridgehead atoms. The number of hydrogen-bond donors (Lipinski definition) is 1. The van der Waals surface area contributed by atoms with Gasteiger partial charge in [-0.2, -0.15) is 0 Å². The van der Waals surface area contributed by atoms with E-state index in [1.54, 1.807) is 0 Å². The van der Waals surface area contributed by atoms with Gasteiger partial charge in [-0.05, 0) is 25.1 Å². The average molecular weight is 254 g/mol. The van der Waals surface area contributed by atoms with Gasteiger partial charge >= 0.3 is 0 Å². The Morgan fingerprint density at radius 1 is 0.947 bits per heavy atom. The zero-order chi connectivity index (χ0) is 13.7. The Kier molecular flexibility index (Phi) is 4.72. The fourth-order valence-corrected chi connectivity index (χ4v) is 2.24. The molecule has 0 radical (unpaired) electrons. The number of likely N-dealkylation sites (N-methyl/N-ethyl adjacent to an activating group) is 1. The lowest BCUT2D eigenvalue weighted by Gasteiger charge is -2.30. The number of benzene rings is 2. The molecule has 2 aromatic rings. The molecule has 2 heteroatoms. The van der Waals surface area contributed by atoms with E-state index in [0.29, 0.717) is 6.04 Å². The quantitative estimate of drug-likeness (QED) is 0.887. The lowest BCUT2D eigenvalue weighted by Crippen LogP contribution is -2.37. The third-order valence-corrected chi connectivity index (χ3v) is 3.67. The number of hydrogen-bond acceptors (Lipinski definition) is 2. The molecular formula is C17H22N2. The molecule has 2 aromatic carbocycles. The molecule has 0 saturated carbocycles. The first kappa shape index (κ1) is 13.8. The number of nitrogens with two attached hydrogens (primary N) is 1. The van der Waals surface area contributed by atoms with Gasteiger partial charge in [0.25, 0.3) is 0 Å². The van der Waals surface area contributed by atoms with Crippen molar-refractivity contribution in [2.24, 2.45) is 5.73 Å². The Hall–Kier alpha value is -1.64. The molecule has 2 nitrogen and oxygen atoms in total. The molecule has 100 valence electrons. The topological polar surface area (TPSA) is 29.3 Å². The summed E-state index contributed by atoms with van der Waals surface area (Å²) in [7, 11) is 2.13. The second-order valence-corrected chi connectivity index (χ2v) is 5.08. The SMILES string of the molecule is CC(C(N)c1ccccc1)N(C)Cc1ccccc1. The lowest BCUT2D eigenvalue weighted by molar-refractivity contribution is 0.219. The van der Waals surface area contributed by atoms with Crippen LogP contribution in [-0.2, 0) is 6.54 Å². The highest BCUT2D eigenvalue weighted by molar-refractivity contribution is 5.20. The van der Waals surface area contributed by atoms with Crippen molar-refractivity contribution in [3.8, 4) is 0 Å². The van der Waals surface area contributed by atoms with Crippen molar-refractivity contribution in [1.29, 1.82) is 0 Å². The van der Waals surface area contributed by atoms with Crippen molar-refractivity contribution < 1.29 is 0 Å². The number of nitrogens with zero attached hydrogens (tertiary/aromatic N) is 1. The Morgan fingerprint density at radius 3 is 2.05 bits per heavy atom. The molecule has 0 aliphatic carbocycles. The van der Waals surface area contributed by atoms with Gasteiger partial charge in [-0.1, -0.05) is 60.7 Å². The first-order valence-corrected chi connectivity index (χ1v) is 6.73. The average Bonchev–Trinajstić information content (AvgIpc) is 2.47. The molecule has 2 atom stereocenters. The summed E-state index contributed by atoms with van der Waals surface area (Å²) in [6.45, 7) is 3.10. The highest BCUT2D eigenvalue weighted by atomic mass is 15.1. The van der Waals surface area contributed by atoms with Crippen LogP contribution in [0.5, 0.6) is 0 Å². The van der Waals surface area contributed by atoms with Gasteiger partial charge in [-0.3, -0.25) is 4.90 Å². The largest absolute Gasteiger partial charge is 0.323 e. The Morgan fingerprint density at radius 2 is 1.47 bits per heavy atom. The summed E-state index contributed by atoms with van der Waals surface area (Å²) < 4.78 is 0. The van der Waals surface area contributed by atoms with Gasteiger partial charge in [0.1, 0.15) is 0 Å². The van der Waals surface area contributed by atoms with E-state index in [0.717, 1.165) is 6.54 Å². The summed E-state index contributed by atoms with van der Waals surface area (Å²) in [6, 6.07) is 21.1. The predicted molar refractivity (Wildman–Crippen MR) is 80.7 cm³/mol. The zero-order valence-corrected chi connectivity index (χ0v) is 11.7. The van der Waals surface area contributed by atoms with Crippen LogP contribution < -0.4 is 5.73 Å². The summed E-state index contributed by atoms with van der Waals surface area (Å²) in [5.74, 6) is 0. The van der Waals surface area contributed by atoms with Crippen LogP contribution in [0.25, 0.3) is 0 Å². The fourth-order valence-electron chi connectivity index (χ4n) is 2.24. The van der Waals surface area contributed by atoms with Crippen molar-refractivity contribution in [2.75, 3.05) is 7.05 Å². The first-order valence-electron chi connectivity index (χ1n) is 6.73. The molecule has 19 heavy (non-hydrogen) atoms. The maximum atomic E-state index is 6.35. The number of rotatable bonds is 5. The maximum Gasteiger partial charge on any atom is 0.0450 e. The van der Waals surface area contributed by atoms with Gasteiger partial charge in [-0.25, -0.2) is 0 Å². The summed E-state index contributed by atoms with van der Waals surface area (Å²) in [5.41, 5.74) is 8.86. The van der Waals surface area contributed by atoms with Gasteiger partial charge in [0.05, 0.1) is 0 Å². The molecule has 0 aliphatic heterocycles. The monoisotopic (exact) mass is 254 g/mol. The molecule has 2 N–H and O–H groups in total. The van der Waals surface area contributed by atoms with E-state index >= 15 is 0 Å². The van der Waals surface area contributed by atoms with Crippen molar-refractivity contribution in [1.82, 2.24) is 4.90 Å². The van der Waals surface area contributed by atoms with Crippen LogP contribution in [0.15, 0.2) is 60.7 Å². The highest BCUT2D eigenvalue weighted by Crippen LogP contribution is 2.18. The van der Waals surface area contributed by atoms with E-state index in [2.05, 4.69) is 55.3 Å². The third-order valence-electron chi connectivity index (χ3n) is 3.67. The third kappa shape index (κ3) is 3.66. The van der Waals surface area contributed by atoms with E-state index in [4.69, 9.17) is 5.73 Å². The van der Waals surface area contributed by atoms with E-state index < -0.39 is 0 Å². The second-order valence-electron chi connectivity index (χ2n) is 5.08. The van der Waals surface area contributed by atoms with Crippen molar-refractivity contribution in [3.05, 3.63) is 71.8 Å². The molecule has 0 amide bonds. The Bertz CT molecular complexity index is 481. The fraction of sp³-hybridized carbons (Fsp3) is 0.294. The molecular weight excluding hydrogens is 232 g/mol. The molecule has 2 unspecified atom stereocenters. The summed E-state index contributed by atoms with van der Waals surface area (Å²) >= 11 is 0. The normalized spacial score (nSPS) is 14.3. The first-order chi connectivity index (χ1) is 9.18. The van der Waals surface area contributed by atoms with Crippen LogP contribution in [0.3, 0.4) is 0 Å². The standard InChI is InChI=1S/C17H22N2/c1-14(17(18)16-11-7-4-8-12-16)19(2)13-15-9-5-3-6-10-15/h3-12,14,17H,13,18H2,1-2H3. The smallest absolute Gasteiger partial charge is 0.0450 e. The van der Waals surface area contributed by atoms with Crippen LogP contribution >= 0.6 is 0 Å². The van der Waals surface area contributed by atoms with E-state index in [-0.39, 0.29) is 6.04 Å². The van der Waals surface area contributed by atoms with Crippen molar-refractivity contribution >= 4 is 0 Å². The van der Waals surface area contributed by atoms with Crippen LogP contribution in [-0.4, -0.2) is 18.0 Å². The van der Waals surface area contributed by atoms with Gasteiger partial charge in [0.2, 0.25) is 0 Å². The molecule has 0 fully saturated rings. The van der Waals surface area contributed by atoms with Crippen LogP contribution in [0.1, 0.15) is 24.1 Å². The highest BCUT2D eigenvalue weighted by Gasteiger charge is 2.18. The minimum Gasteiger partial charge on any atom is -0.323 e. The Balaban J connectivity index is 2.01. The summed E-state index contributed by atoms with van der Waals surface area (Å²) in [5, 5.41) is 0. The molecule has 0 spiro atoms. The van der Waals surface area contributed by atoms with Gasteiger partial charge < -0.3 is 5.73 Å². The molecule has 0 saturated heterocycles. The maximum absolute atomic E-state index is 6.35. The van der Waals surface area contributed by atoms with Gasteiger partial charge in [0.15, 0.2) is 0 Å². The van der Waals surface area contributed by atoms with Crippen molar-refractivity contribution in [3.63, 3.8) is 0 Å². The summed E-state index contributed by atoms with van der Waals surface area (Å²) in [4.78, 5) is 2.30. The van der Waals surface area contributed by atoms with Crippen LogP contribution in [0, 0.1) is 0 Å². The van der Waals surface area contributed by atoms with E-state index in [1.165, 1.54) is 11.1 Å². The Labute approximate surface area is 115 Å².